The topological polar surface area (TPSA) is 88.9 Å². The molecule has 0 bridgehead atoms. The van der Waals surface area contributed by atoms with Crippen LogP contribution in [0.2, 0.25) is 5.02 Å². The summed E-state index contributed by atoms with van der Waals surface area (Å²) in [5, 5.41) is 14.5. The summed E-state index contributed by atoms with van der Waals surface area (Å²) in [6, 6.07) is 6.77. The third kappa shape index (κ3) is 6.41. The van der Waals surface area contributed by atoms with Crippen molar-refractivity contribution in [2.24, 2.45) is 5.92 Å². The van der Waals surface area contributed by atoms with Crippen LogP contribution in [0.5, 0.6) is 0 Å². The Balaban J connectivity index is 2.02. The number of nitrogens with zero attached hydrogens (tertiary/aromatic N) is 3. The van der Waals surface area contributed by atoms with E-state index in [0.717, 1.165) is 5.56 Å². The molecule has 0 aliphatic heterocycles. The van der Waals surface area contributed by atoms with Crippen molar-refractivity contribution < 1.29 is 9.59 Å². The number of rotatable bonds is 8. The van der Waals surface area contributed by atoms with Crippen LogP contribution < -0.4 is 10.6 Å². The van der Waals surface area contributed by atoms with Gasteiger partial charge in [-0.15, -0.1) is 16.8 Å². The number of aromatic nitrogens is 3. The standard InChI is InChI=1S/C18H22ClN5O2S/c1-4-9-24-16(13-5-7-14(19)8-6-13)22-23-18(24)27-11-15(25)21-17(26)20-10-12(2)3/h4-8,12H,1,9-11H2,2-3H3,(H2,20,21,25,26). The lowest BCUT2D eigenvalue weighted by Crippen LogP contribution is -2.41. The van der Waals surface area contributed by atoms with Crippen LogP contribution in [0.4, 0.5) is 4.79 Å². The molecule has 0 aliphatic rings. The van der Waals surface area contributed by atoms with Crippen molar-refractivity contribution in [2.45, 2.75) is 25.5 Å². The number of thioether (sulfide) groups is 1. The van der Waals surface area contributed by atoms with Crippen molar-refractivity contribution in [3.8, 4) is 11.4 Å². The van der Waals surface area contributed by atoms with E-state index in [2.05, 4.69) is 27.4 Å². The van der Waals surface area contributed by atoms with Gasteiger partial charge in [0.2, 0.25) is 5.91 Å². The normalized spacial score (nSPS) is 10.7. The Morgan fingerprint density at radius 2 is 2.00 bits per heavy atom. The van der Waals surface area contributed by atoms with Gasteiger partial charge in [0.1, 0.15) is 0 Å². The maximum absolute atomic E-state index is 12.0. The van der Waals surface area contributed by atoms with E-state index in [1.54, 1.807) is 18.2 Å². The van der Waals surface area contributed by atoms with E-state index >= 15 is 0 Å². The second kappa shape index (κ2) is 10.1. The van der Waals surface area contributed by atoms with Gasteiger partial charge in [0, 0.05) is 23.7 Å². The number of carbonyl (C=O) groups is 2. The molecule has 0 saturated heterocycles. The van der Waals surface area contributed by atoms with Gasteiger partial charge in [-0.1, -0.05) is 43.3 Å². The Morgan fingerprint density at radius 3 is 2.63 bits per heavy atom. The molecule has 2 rings (SSSR count). The van der Waals surface area contributed by atoms with Gasteiger partial charge in [0.05, 0.1) is 5.75 Å². The number of urea groups is 1. The van der Waals surface area contributed by atoms with Crippen molar-refractivity contribution in [1.82, 2.24) is 25.4 Å². The smallest absolute Gasteiger partial charge is 0.321 e. The number of carbonyl (C=O) groups excluding carboxylic acids is 2. The van der Waals surface area contributed by atoms with Crippen LogP contribution in [0, 0.1) is 5.92 Å². The zero-order chi connectivity index (χ0) is 19.8. The summed E-state index contributed by atoms with van der Waals surface area (Å²) in [5.41, 5.74) is 0.859. The van der Waals surface area contributed by atoms with Crippen LogP contribution in [0.1, 0.15) is 13.8 Å². The molecule has 3 amide bonds. The lowest BCUT2D eigenvalue weighted by molar-refractivity contribution is -0.117. The Bertz CT molecular complexity index is 805. The lowest BCUT2D eigenvalue weighted by Gasteiger charge is -2.09. The quantitative estimate of drug-likeness (QED) is 0.517. The average molecular weight is 408 g/mol. The number of amides is 3. The Hall–Kier alpha value is -2.32. The first-order valence-corrected chi connectivity index (χ1v) is 9.77. The van der Waals surface area contributed by atoms with Gasteiger partial charge in [-0.05, 0) is 30.2 Å². The van der Waals surface area contributed by atoms with E-state index in [1.807, 2.05) is 30.5 Å². The molecule has 2 N–H and O–H groups in total. The molecule has 1 heterocycles. The van der Waals surface area contributed by atoms with Crippen LogP contribution in [-0.2, 0) is 11.3 Å². The number of halogens is 1. The van der Waals surface area contributed by atoms with Crippen LogP contribution in [0.3, 0.4) is 0 Å². The van der Waals surface area contributed by atoms with Crippen LogP contribution in [0.25, 0.3) is 11.4 Å². The minimum atomic E-state index is -0.497. The summed E-state index contributed by atoms with van der Waals surface area (Å²) in [5.74, 6) is 0.612. The highest BCUT2D eigenvalue weighted by Crippen LogP contribution is 2.25. The van der Waals surface area contributed by atoms with Crippen molar-refractivity contribution in [2.75, 3.05) is 12.3 Å². The van der Waals surface area contributed by atoms with Gasteiger partial charge < -0.3 is 5.32 Å². The Labute approximate surface area is 167 Å². The monoisotopic (exact) mass is 407 g/mol. The molecule has 0 aliphatic carbocycles. The molecule has 144 valence electrons. The Kier molecular flexibility index (Phi) is 7.87. The first kappa shape index (κ1) is 21.0. The highest BCUT2D eigenvalue weighted by atomic mass is 35.5. The maximum Gasteiger partial charge on any atom is 0.321 e. The molecule has 0 spiro atoms. The molecule has 27 heavy (non-hydrogen) atoms. The molecule has 0 saturated carbocycles. The fourth-order valence-electron chi connectivity index (χ4n) is 2.14. The van der Waals surface area contributed by atoms with E-state index in [1.165, 1.54) is 11.8 Å². The number of hydrogen-bond donors (Lipinski definition) is 2. The third-order valence-corrected chi connectivity index (χ3v) is 4.61. The minimum Gasteiger partial charge on any atom is -0.338 e. The number of imide groups is 1. The predicted octanol–water partition coefficient (Wildman–Crippen LogP) is 3.36. The lowest BCUT2D eigenvalue weighted by atomic mass is 10.2. The van der Waals surface area contributed by atoms with Gasteiger partial charge in [0.25, 0.3) is 0 Å². The highest BCUT2D eigenvalue weighted by Gasteiger charge is 2.16. The molecular weight excluding hydrogens is 386 g/mol. The number of allylic oxidation sites excluding steroid dienone is 1. The highest BCUT2D eigenvalue weighted by molar-refractivity contribution is 7.99. The second-order valence-corrected chi connectivity index (χ2v) is 7.53. The molecular formula is C18H22ClN5O2S. The van der Waals surface area contributed by atoms with Crippen LogP contribution in [-0.4, -0.2) is 39.0 Å². The first-order valence-electron chi connectivity index (χ1n) is 8.41. The first-order chi connectivity index (χ1) is 12.9. The fraction of sp³-hybridized carbons (Fsp3) is 0.333. The molecule has 1 aromatic heterocycles. The van der Waals surface area contributed by atoms with Crippen molar-refractivity contribution in [3.05, 3.63) is 41.9 Å². The molecule has 0 unspecified atom stereocenters. The second-order valence-electron chi connectivity index (χ2n) is 6.15. The summed E-state index contributed by atoms with van der Waals surface area (Å²) >= 11 is 7.13. The summed E-state index contributed by atoms with van der Waals surface area (Å²) in [7, 11) is 0. The number of nitrogens with one attached hydrogen (secondary N) is 2. The molecule has 0 radical (unpaired) electrons. The summed E-state index contributed by atoms with van der Waals surface area (Å²) in [6.07, 6.45) is 1.73. The van der Waals surface area contributed by atoms with Gasteiger partial charge in [-0.3, -0.25) is 14.7 Å². The van der Waals surface area contributed by atoms with Gasteiger partial charge >= 0.3 is 6.03 Å². The van der Waals surface area contributed by atoms with Gasteiger partial charge in [-0.2, -0.15) is 0 Å². The largest absolute Gasteiger partial charge is 0.338 e. The van der Waals surface area contributed by atoms with E-state index in [0.29, 0.717) is 35.0 Å². The molecule has 7 nitrogen and oxygen atoms in total. The van der Waals surface area contributed by atoms with E-state index in [4.69, 9.17) is 11.6 Å². The van der Waals surface area contributed by atoms with Crippen molar-refractivity contribution in [1.29, 1.82) is 0 Å². The van der Waals surface area contributed by atoms with E-state index in [9.17, 15) is 9.59 Å². The van der Waals surface area contributed by atoms with E-state index < -0.39 is 11.9 Å². The van der Waals surface area contributed by atoms with Crippen molar-refractivity contribution in [3.63, 3.8) is 0 Å². The Morgan fingerprint density at radius 1 is 1.30 bits per heavy atom. The van der Waals surface area contributed by atoms with Gasteiger partial charge in [0.15, 0.2) is 11.0 Å². The minimum absolute atomic E-state index is 0.0466. The third-order valence-electron chi connectivity index (χ3n) is 3.39. The molecule has 0 fully saturated rings. The van der Waals surface area contributed by atoms with E-state index in [-0.39, 0.29) is 5.75 Å². The van der Waals surface area contributed by atoms with Crippen molar-refractivity contribution >= 4 is 35.3 Å². The molecule has 9 heteroatoms. The average Bonchev–Trinajstić information content (AvgIpc) is 3.02. The van der Waals surface area contributed by atoms with Gasteiger partial charge in [-0.25, -0.2) is 4.79 Å². The number of benzene rings is 1. The zero-order valence-corrected chi connectivity index (χ0v) is 16.8. The SMILES string of the molecule is C=CCn1c(SCC(=O)NC(=O)NCC(C)C)nnc1-c1ccc(Cl)cc1. The van der Waals surface area contributed by atoms with Crippen LogP contribution in [0.15, 0.2) is 42.1 Å². The molecule has 1 aromatic carbocycles. The summed E-state index contributed by atoms with van der Waals surface area (Å²) in [4.78, 5) is 23.6. The van der Waals surface area contributed by atoms with Crippen LogP contribution >= 0.6 is 23.4 Å². The fourth-order valence-corrected chi connectivity index (χ4v) is 3.01. The molecule has 0 atom stereocenters. The summed E-state index contributed by atoms with van der Waals surface area (Å²) in [6.45, 7) is 8.70. The molecule has 2 aromatic rings. The summed E-state index contributed by atoms with van der Waals surface area (Å²) < 4.78 is 1.85. The zero-order valence-electron chi connectivity index (χ0n) is 15.2. The maximum atomic E-state index is 12.0. The number of hydrogen-bond acceptors (Lipinski definition) is 5. The predicted molar refractivity (Wildman–Crippen MR) is 108 cm³/mol.